The highest BCUT2D eigenvalue weighted by Gasteiger charge is 2.25. The first-order valence-electron chi connectivity index (χ1n) is 10.6. The van der Waals surface area contributed by atoms with Crippen LogP contribution in [0.3, 0.4) is 0 Å². The molecule has 1 heterocycles. The molecule has 8 heteroatoms. The number of methoxy groups -OCH3 is 2. The first kappa shape index (κ1) is 25.9. The molecule has 2 N–H and O–H groups in total. The molecule has 7 nitrogen and oxygen atoms in total. The lowest BCUT2D eigenvalue weighted by molar-refractivity contribution is 0.352. The van der Waals surface area contributed by atoms with Crippen molar-refractivity contribution in [3.8, 4) is 17.2 Å². The Balaban J connectivity index is 0.00000363. The van der Waals surface area contributed by atoms with Crippen LogP contribution in [-0.4, -0.2) is 70.0 Å². The van der Waals surface area contributed by atoms with Gasteiger partial charge in [-0.2, -0.15) is 0 Å². The van der Waals surface area contributed by atoms with Crippen molar-refractivity contribution in [3.63, 3.8) is 0 Å². The molecule has 0 atom stereocenters. The van der Waals surface area contributed by atoms with Gasteiger partial charge in [-0.1, -0.05) is 32.0 Å². The van der Waals surface area contributed by atoms with Gasteiger partial charge >= 0.3 is 0 Å². The summed E-state index contributed by atoms with van der Waals surface area (Å²) in [6.45, 7) is 8.47. The largest absolute Gasteiger partial charge is 0.506 e. The molecule has 0 unspecified atom stereocenters. The summed E-state index contributed by atoms with van der Waals surface area (Å²) in [4.78, 5) is 8.98. The number of nitrogens with one attached hydrogen (secondary N) is 1. The van der Waals surface area contributed by atoms with E-state index in [9.17, 15) is 5.11 Å². The van der Waals surface area contributed by atoms with Crippen LogP contribution in [0.25, 0.3) is 0 Å². The minimum atomic E-state index is -0.132. The summed E-state index contributed by atoms with van der Waals surface area (Å²) in [5.41, 5.74) is 1.92. The molecule has 2 aromatic carbocycles. The molecule has 32 heavy (non-hydrogen) atoms. The highest BCUT2D eigenvalue weighted by molar-refractivity contribution is 14.0. The fourth-order valence-corrected chi connectivity index (χ4v) is 3.88. The smallest absolute Gasteiger partial charge is 0.193 e. The number of aromatic hydroxyl groups is 1. The van der Waals surface area contributed by atoms with Crippen LogP contribution in [0.4, 0.5) is 5.69 Å². The maximum absolute atomic E-state index is 10.1. The minimum Gasteiger partial charge on any atom is -0.506 e. The van der Waals surface area contributed by atoms with E-state index in [4.69, 9.17) is 9.47 Å². The van der Waals surface area contributed by atoms with Crippen LogP contribution in [-0.2, 0) is 5.41 Å². The van der Waals surface area contributed by atoms with E-state index in [1.165, 1.54) is 0 Å². The molecule has 1 fully saturated rings. The number of halogens is 1. The number of benzene rings is 2. The molecule has 0 aliphatic carbocycles. The van der Waals surface area contributed by atoms with Gasteiger partial charge in [0.2, 0.25) is 0 Å². The lowest BCUT2D eigenvalue weighted by Crippen LogP contribution is -2.54. The summed E-state index contributed by atoms with van der Waals surface area (Å²) in [7, 11) is 5.12. The van der Waals surface area contributed by atoms with Crippen molar-refractivity contribution in [2.45, 2.75) is 19.3 Å². The van der Waals surface area contributed by atoms with E-state index in [1.807, 2.05) is 37.4 Å². The molecule has 1 aliphatic rings. The Hall–Kier alpha value is -2.36. The molecule has 3 rings (SSSR count). The fourth-order valence-electron chi connectivity index (χ4n) is 3.88. The van der Waals surface area contributed by atoms with E-state index in [0.29, 0.717) is 5.75 Å². The summed E-state index contributed by atoms with van der Waals surface area (Å²) in [6, 6.07) is 13.6. The first-order valence-corrected chi connectivity index (χ1v) is 10.6. The molecule has 1 saturated heterocycles. The third-order valence-corrected chi connectivity index (χ3v) is 5.87. The Kier molecular flexibility index (Phi) is 9.30. The summed E-state index contributed by atoms with van der Waals surface area (Å²) in [5.74, 6) is 2.69. The Bertz CT molecular complexity index is 912. The van der Waals surface area contributed by atoms with E-state index >= 15 is 0 Å². The van der Waals surface area contributed by atoms with Crippen molar-refractivity contribution < 1.29 is 14.6 Å². The second kappa shape index (κ2) is 11.5. The van der Waals surface area contributed by atoms with E-state index in [-0.39, 0.29) is 29.4 Å². The quantitative estimate of drug-likeness (QED) is 0.323. The van der Waals surface area contributed by atoms with E-state index in [1.54, 1.807) is 20.3 Å². The average molecular weight is 554 g/mol. The number of guanidine groups is 1. The Morgan fingerprint density at radius 1 is 1.03 bits per heavy atom. The third kappa shape index (κ3) is 5.90. The maximum Gasteiger partial charge on any atom is 0.193 e. The SMILES string of the molecule is CN=C(NCC(C)(C)c1ccc(OC)c(OC)c1)N1CCN(c2ccccc2O)CC1.I. The van der Waals surface area contributed by atoms with Gasteiger partial charge in [0.15, 0.2) is 17.5 Å². The van der Waals surface area contributed by atoms with Crippen LogP contribution in [0.15, 0.2) is 47.5 Å². The normalized spacial score (nSPS) is 14.6. The monoisotopic (exact) mass is 554 g/mol. The van der Waals surface area contributed by atoms with Crippen molar-refractivity contribution in [3.05, 3.63) is 48.0 Å². The molecule has 0 saturated carbocycles. The molecule has 0 bridgehead atoms. The number of rotatable bonds is 6. The van der Waals surface area contributed by atoms with E-state index in [2.05, 4.69) is 40.0 Å². The highest BCUT2D eigenvalue weighted by Crippen LogP contribution is 2.33. The number of ether oxygens (including phenoxy) is 2. The summed E-state index contributed by atoms with van der Waals surface area (Å²) >= 11 is 0. The van der Waals surface area contributed by atoms with Gasteiger partial charge in [-0.15, -0.1) is 24.0 Å². The van der Waals surface area contributed by atoms with Gasteiger partial charge in [0.25, 0.3) is 0 Å². The number of hydrogen-bond donors (Lipinski definition) is 2. The zero-order valence-electron chi connectivity index (χ0n) is 19.6. The van der Waals surface area contributed by atoms with Crippen LogP contribution in [0.5, 0.6) is 17.2 Å². The van der Waals surface area contributed by atoms with E-state index < -0.39 is 0 Å². The number of para-hydroxylation sites is 2. The van der Waals surface area contributed by atoms with Crippen molar-refractivity contribution in [2.24, 2.45) is 4.99 Å². The Labute approximate surface area is 208 Å². The van der Waals surface area contributed by atoms with Gasteiger partial charge in [0, 0.05) is 45.2 Å². The molecule has 2 aromatic rings. The van der Waals surface area contributed by atoms with Crippen molar-refractivity contribution in [1.82, 2.24) is 10.2 Å². The van der Waals surface area contributed by atoms with Crippen LogP contribution < -0.4 is 19.7 Å². The third-order valence-electron chi connectivity index (χ3n) is 5.87. The first-order chi connectivity index (χ1) is 14.9. The maximum atomic E-state index is 10.1. The van der Waals surface area contributed by atoms with Gasteiger partial charge in [0.1, 0.15) is 5.75 Å². The number of phenols is 1. The predicted molar refractivity (Wildman–Crippen MR) is 141 cm³/mol. The topological polar surface area (TPSA) is 69.6 Å². The number of aliphatic imine (C=N–C) groups is 1. The molecular weight excluding hydrogens is 519 g/mol. The molecule has 0 amide bonds. The summed E-state index contributed by atoms with van der Waals surface area (Å²) in [5, 5.41) is 13.7. The zero-order chi connectivity index (χ0) is 22.4. The summed E-state index contributed by atoms with van der Waals surface area (Å²) < 4.78 is 10.8. The second-order valence-electron chi connectivity index (χ2n) is 8.32. The lowest BCUT2D eigenvalue weighted by Gasteiger charge is -2.38. The standard InChI is InChI=1S/C24H34N4O3.HI/c1-24(2,18-10-11-21(30-4)22(16-18)31-5)17-26-23(25-3)28-14-12-27(13-15-28)19-8-6-7-9-20(19)29;/h6-11,16,29H,12-15,17H2,1-5H3,(H,25,26);1H. The molecule has 0 radical (unpaired) electrons. The number of hydrogen-bond acceptors (Lipinski definition) is 5. The number of phenolic OH excluding ortho intramolecular Hbond substituents is 1. The molecule has 0 aromatic heterocycles. The molecule has 176 valence electrons. The van der Waals surface area contributed by atoms with Gasteiger partial charge < -0.3 is 29.7 Å². The van der Waals surface area contributed by atoms with Crippen LogP contribution >= 0.6 is 24.0 Å². The Morgan fingerprint density at radius 3 is 2.28 bits per heavy atom. The number of piperazine rings is 1. The second-order valence-corrected chi connectivity index (χ2v) is 8.32. The minimum absolute atomic E-state index is 0. The number of nitrogens with zero attached hydrogens (tertiary/aromatic N) is 3. The summed E-state index contributed by atoms with van der Waals surface area (Å²) in [6.07, 6.45) is 0. The molecular formula is C24H35IN4O3. The van der Waals surface area contributed by atoms with Crippen molar-refractivity contribution >= 4 is 35.6 Å². The molecule has 1 aliphatic heterocycles. The highest BCUT2D eigenvalue weighted by atomic mass is 127. The average Bonchev–Trinajstić information content (AvgIpc) is 2.79. The van der Waals surface area contributed by atoms with Gasteiger partial charge in [0.05, 0.1) is 19.9 Å². The van der Waals surface area contributed by atoms with Crippen LogP contribution in [0, 0.1) is 0 Å². The Morgan fingerprint density at radius 2 is 1.69 bits per heavy atom. The van der Waals surface area contributed by atoms with Crippen LogP contribution in [0.2, 0.25) is 0 Å². The van der Waals surface area contributed by atoms with Gasteiger partial charge in [-0.05, 0) is 29.8 Å². The molecule has 0 spiro atoms. The van der Waals surface area contributed by atoms with Gasteiger partial charge in [-0.25, -0.2) is 0 Å². The fraction of sp³-hybridized carbons (Fsp3) is 0.458. The van der Waals surface area contributed by atoms with Crippen molar-refractivity contribution in [2.75, 3.05) is 58.9 Å². The van der Waals surface area contributed by atoms with Gasteiger partial charge in [-0.3, -0.25) is 4.99 Å². The van der Waals surface area contributed by atoms with Crippen molar-refractivity contribution in [1.29, 1.82) is 0 Å². The lowest BCUT2D eigenvalue weighted by atomic mass is 9.84. The predicted octanol–water partition coefficient (Wildman–Crippen LogP) is 3.70. The zero-order valence-corrected chi connectivity index (χ0v) is 21.9. The van der Waals surface area contributed by atoms with Crippen LogP contribution in [0.1, 0.15) is 19.4 Å². The van der Waals surface area contributed by atoms with E-state index in [0.717, 1.165) is 61.4 Å². The number of anilines is 1.